The van der Waals surface area contributed by atoms with E-state index >= 15 is 0 Å². The van der Waals surface area contributed by atoms with Gasteiger partial charge in [0.1, 0.15) is 24.0 Å². The van der Waals surface area contributed by atoms with Gasteiger partial charge in [-0.25, -0.2) is 4.79 Å². The quantitative estimate of drug-likeness (QED) is 0.767. The lowest BCUT2D eigenvalue weighted by molar-refractivity contribution is -0.133. The van der Waals surface area contributed by atoms with Crippen molar-refractivity contribution in [3.05, 3.63) is 30.3 Å². The monoisotopic (exact) mass is 364 g/mol. The van der Waals surface area contributed by atoms with E-state index in [1.165, 1.54) is 0 Å². The van der Waals surface area contributed by atoms with Crippen LogP contribution in [0.15, 0.2) is 30.3 Å². The third kappa shape index (κ3) is 7.76. The van der Waals surface area contributed by atoms with E-state index < -0.39 is 17.7 Å². The van der Waals surface area contributed by atoms with E-state index in [2.05, 4.69) is 5.32 Å². The zero-order chi connectivity index (χ0) is 19.7. The molecule has 0 aliphatic rings. The topological polar surface area (TPSA) is 67.9 Å². The van der Waals surface area contributed by atoms with E-state index in [4.69, 9.17) is 9.47 Å². The van der Waals surface area contributed by atoms with Gasteiger partial charge in [0, 0.05) is 7.05 Å². The molecule has 0 saturated heterocycles. The summed E-state index contributed by atoms with van der Waals surface area (Å²) >= 11 is 0. The molecule has 1 N–H and O–H groups in total. The van der Waals surface area contributed by atoms with Crippen LogP contribution in [0.1, 0.15) is 41.0 Å². The predicted octanol–water partition coefficient (Wildman–Crippen LogP) is 3.46. The second-order valence-corrected chi connectivity index (χ2v) is 7.43. The summed E-state index contributed by atoms with van der Waals surface area (Å²) in [5.74, 6) is 0.605. The molecule has 146 valence electrons. The first-order valence-corrected chi connectivity index (χ1v) is 9.06. The third-order valence-electron chi connectivity index (χ3n) is 3.97. The van der Waals surface area contributed by atoms with Crippen LogP contribution < -0.4 is 10.1 Å². The van der Waals surface area contributed by atoms with Gasteiger partial charge in [0.2, 0.25) is 5.91 Å². The van der Waals surface area contributed by atoms with Crippen LogP contribution in [0.3, 0.4) is 0 Å². The summed E-state index contributed by atoms with van der Waals surface area (Å²) in [6.45, 7) is 10.1. The smallest absolute Gasteiger partial charge is 0.408 e. The SMILES string of the molecule is CC[C@H](C)[C@H](NC(=O)OC(C)(C)C)C(=O)N(C)CCOc1ccccc1. The number of para-hydroxylation sites is 1. The van der Waals surface area contributed by atoms with Gasteiger partial charge < -0.3 is 19.7 Å². The second kappa shape index (κ2) is 10.0. The lowest BCUT2D eigenvalue weighted by atomic mass is 9.98. The van der Waals surface area contributed by atoms with Crippen LogP contribution in [0.4, 0.5) is 4.79 Å². The van der Waals surface area contributed by atoms with Crippen molar-refractivity contribution in [3.63, 3.8) is 0 Å². The molecule has 6 nitrogen and oxygen atoms in total. The molecular formula is C20H32N2O4. The van der Waals surface area contributed by atoms with Crippen molar-refractivity contribution in [2.24, 2.45) is 5.92 Å². The van der Waals surface area contributed by atoms with Gasteiger partial charge in [0.05, 0.1) is 6.54 Å². The number of hydrogen-bond donors (Lipinski definition) is 1. The number of alkyl carbamates (subject to hydrolysis) is 1. The van der Waals surface area contributed by atoms with Gasteiger partial charge in [-0.05, 0) is 38.8 Å². The highest BCUT2D eigenvalue weighted by Gasteiger charge is 2.30. The zero-order valence-electron chi connectivity index (χ0n) is 16.7. The molecule has 0 aliphatic carbocycles. The molecule has 2 atom stereocenters. The normalized spacial score (nSPS) is 13.5. The summed E-state index contributed by atoms with van der Waals surface area (Å²) in [5, 5.41) is 2.72. The highest BCUT2D eigenvalue weighted by atomic mass is 16.6. The molecular weight excluding hydrogens is 332 g/mol. The van der Waals surface area contributed by atoms with Crippen molar-refractivity contribution >= 4 is 12.0 Å². The number of amides is 2. The molecule has 0 heterocycles. The van der Waals surface area contributed by atoms with E-state index in [1.54, 1.807) is 32.7 Å². The van der Waals surface area contributed by atoms with E-state index in [-0.39, 0.29) is 11.8 Å². The number of carbonyl (C=O) groups excluding carboxylic acids is 2. The Morgan fingerprint density at radius 3 is 2.35 bits per heavy atom. The van der Waals surface area contributed by atoms with Crippen LogP contribution in [-0.4, -0.2) is 48.7 Å². The number of ether oxygens (including phenoxy) is 2. The molecule has 1 aromatic rings. The number of benzene rings is 1. The summed E-state index contributed by atoms with van der Waals surface area (Å²) in [5.41, 5.74) is -0.609. The average Bonchev–Trinajstić information content (AvgIpc) is 2.57. The van der Waals surface area contributed by atoms with Crippen LogP contribution in [0.2, 0.25) is 0 Å². The molecule has 0 spiro atoms. The van der Waals surface area contributed by atoms with Crippen LogP contribution >= 0.6 is 0 Å². The number of nitrogens with zero attached hydrogens (tertiary/aromatic N) is 1. The van der Waals surface area contributed by atoms with Gasteiger partial charge in [0.15, 0.2) is 0 Å². The van der Waals surface area contributed by atoms with Crippen LogP contribution in [0.25, 0.3) is 0 Å². The van der Waals surface area contributed by atoms with Gasteiger partial charge in [-0.2, -0.15) is 0 Å². The molecule has 0 fully saturated rings. The number of nitrogens with one attached hydrogen (secondary N) is 1. The van der Waals surface area contributed by atoms with Gasteiger partial charge >= 0.3 is 6.09 Å². The van der Waals surface area contributed by atoms with E-state index in [0.717, 1.165) is 12.2 Å². The fourth-order valence-corrected chi connectivity index (χ4v) is 2.28. The Hall–Kier alpha value is -2.24. The molecule has 6 heteroatoms. The Kier molecular flexibility index (Phi) is 8.42. The molecule has 0 aromatic heterocycles. The number of rotatable bonds is 8. The Bertz CT molecular complexity index is 569. The maximum atomic E-state index is 12.8. The first-order chi connectivity index (χ1) is 12.1. The molecule has 0 unspecified atom stereocenters. The summed E-state index contributed by atoms with van der Waals surface area (Å²) in [6.07, 6.45) is 0.186. The average molecular weight is 364 g/mol. The molecule has 1 rings (SSSR count). The maximum absolute atomic E-state index is 12.8. The van der Waals surface area contributed by atoms with Gasteiger partial charge in [-0.1, -0.05) is 38.5 Å². The first kappa shape index (κ1) is 21.8. The van der Waals surface area contributed by atoms with Crippen molar-refractivity contribution in [1.82, 2.24) is 10.2 Å². The summed E-state index contributed by atoms with van der Waals surface area (Å²) in [7, 11) is 1.71. The lowest BCUT2D eigenvalue weighted by Gasteiger charge is -2.29. The molecule has 2 amide bonds. The molecule has 0 radical (unpaired) electrons. The summed E-state index contributed by atoms with van der Waals surface area (Å²) in [4.78, 5) is 26.5. The van der Waals surface area contributed by atoms with E-state index in [1.807, 2.05) is 44.2 Å². The molecule has 0 bridgehead atoms. The Balaban J connectivity index is 2.61. The van der Waals surface area contributed by atoms with Gasteiger partial charge in [0.25, 0.3) is 0 Å². The maximum Gasteiger partial charge on any atom is 0.408 e. The molecule has 1 aromatic carbocycles. The van der Waals surface area contributed by atoms with Crippen molar-refractivity contribution in [2.75, 3.05) is 20.2 Å². The largest absolute Gasteiger partial charge is 0.492 e. The predicted molar refractivity (Wildman–Crippen MR) is 102 cm³/mol. The van der Waals surface area contributed by atoms with Crippen molar-refractivity contribution in [2.45, 2.75) is 52.7 Å². The Morgan fingerprint density at radius 2 is 1.81 bits per heavy atom. The van der Waals surface area contributed by atoms with Crippen LogP contribution in [0, 0.1) is 5.92 Å². The van der Waals surface area contributed by atoms with E-state index in [0.29, 0.717) is 13.2 Å². The standard InChI is InChI=1S/C20H32N2O4/c1-7-15(2)17(21-19(24)26-20(3,4)5)18(23)22(6)13-14-25-16-11-9-8-10-12-16/h8-12,15,17H,7,13-14H2,1-6H3,(H,21,24)/t15-,17-/m0/s1. The van der Waals surface area contributed by atoms with Gasteiger partial charge in [-0.3, -0.25) is 4.79 Å². The highest BCUT2D eigenvalue weighted by molar-refractivity contribution is 5.85. The minimum Gasteiger partial charge on any atom is -0.492 e. The highest BCUT2D eigenvalue weighted by Crippen LogP contribution is 2.13. The van der Waals surface area contributed by atoms with Crippen molar-refractivity contribution in [1.29, 1.82) is 0 Å². The lowest BCUT2D eigenvalue weighted by Crippen LogP contribution is -2.52. The van der Waals surface area contributed by atoms with Gasteiger partial charge in [-0.15, -0.1) is 0 Å². The Morgan fingerprint density at radius 1 is 1.19 bits per heavy atom. The number of hydrogen-bond acceptors (Lipinski definition) is 4. The molecule has 0 saturated carbocycles. The summed E-state index contributed by atoms with van der Waals surface area (Å²) < 4.78 is 10.9. The second-order valence-electron chi connectivity index (χ2n) is 7.43. The number of carbonyl (C=O) groups is 2. The number of likely N-dealkylation sites (N-methyl/N-ethyl adjacent to an activating group) is 1. The minimum atomic E-state index is -0.628. The third-order valence-corrected chi connectivity index (χ3v) is 3.97. The molecule has 0 aliphatic heterocycles. The fourth-order valence-electron chi connectivity index (χ4n) is 2.28. The van der Waals surface area contributed by atoms with Crippen molar-refractivity contribution in [3.8, 4) is 5.75 Å². The minimum absolute atomic E-state index is 0.00694. The van der Waals surface area contributed by atoms with Crippen molar-refractivity contribution < 1.29 is 19.1 Å². The Labute approximate surface area is 156 Å². The molecule has 26 heavy (non-hydrogen) atoms. The fraction of sp³-hybridized carbons (Fsp3) is 0.600. The zero-order valence-corrected chi connectivity index (χ0v) is 16.7. The first-order valence-electron chi connectivity index (χ1n) is 9.06. The summed E-state index contributed by atoms with van der Waals surface area (Å²) in [6, 6.07) is 8.82. The van der Waals surface area contributed by atoms with Crippen LogP contribution in [0.5, 0.6) is 5.75 Å². The van der Waals surface area contributed by atoms with E-state index in [9.17, 15) is 9.59 Å². The van der Waals surface area contributed by atoms with Crippen LogP contribution in [-0.2, 0) is 9.53 Å².